The number of thiazole rings is 1. The quantitative estimate of drug-likeness (QED) is 0.762. The van der Waals surface area contributed by atoms with Crippen molar-refractivity contribution in [3.63, 3.8) is 0 Å². The Balaban J connectivity index is 1.67. The van der Waals surface area contributed by atoms with Crippen LogP contribution in [0.3, 0.4) is 0 Å². The van der Waals surface area contributed by atoms with Gasteiger partial charge in [0.1, 0.15) is 11.6 Å². The number of nitrogens with one attached hydrogen (secondary N) is 1. The second-order valence-electron chi connectivity index (χ2n) is 5.14. The molecule has 2 heterocycles. The van der Waals surface area contributed by atoms with Crippen LogP contribution >= 0.6 is 22.9 Å². The predicted octanol–water partition coefficient (Wildman–Crippen LogP) is 3.89. The Morgan fingerprint density at radius 2 is 2.00 bits per heavy atom. The Morgan fingerprint density at radius 1 is 1.26 bits per heavy atom. The molecule has 2 aromatic heterocycles. The summed E-state index contributed by atoms with van der Waals surface area (Å²) < 4.78 is 1.84. The number of rotatable bonds is 5. The average molecular weight is 346 g/mol. The fourth-order valence-corrected chi connectivity index (χ4v) is 3.54. The molecule has 3 rings (SSSR count). The molecular weight excluding hydrogens is 330 g/mol. The standard InChI is InChI=1S/C17H16ClN3OS/c1-12-15(10-19-16(22)11-21-8-4-5-9-21)23-17(20-12)13-6-2-3-7-14(13)18/h2-9H,10-11H2,1H3,(H,19,22). The second-order valence-corrected chi connectivity index (χ2v) is 6.63. The molecule has 0 fully saturated rings. The van der Waals surface area contributed by atoms with Crippen LogP contribution in [0.25, 0.3) is 10.6 Å². The molecule has 0 bridgehead atoms. The summed E-state index contributed by atoms with van der Waals surface area (Å²) in [5.41, 5.74) is 1.85. The molecule has 0 aliphatic rings. The van der Waals surface area contributed by atoms with Crippen molar-refractivity contribution in [2.45, 2.75) is 20.0 Å². The second kappa shape index (κ2) is 6.98. The van der Waals surface area contributed by atoms with Crippen LogP contribution in [0.2, 0.25) is 5.02 Å². The van der Waals surface area contributed by atoms with E-state index in [1.165, 1.54) is 0 Å². The highest BCUT2D eigenvalue weighted by Crippen LogP contribution is 2.32. The largest absolute Gasteiger partial charge is 0.350 e. The van der Waals surface area contributed by atoms with Crippen molar-refractivity contribution in [3.8, 4) is 10.6 Å². The van der Waals surface area contributed by atoms with Crippen LogP contribution in [-0.2, 0) is 17.9 Å². The molecule has 1 amide bonds. The molecule has 118 valence electrons. The maximum Gasteiger partial charge on any atom is 0.240 e. The zero-order chi connectivity index (χ0) is 16.2. The maximum absolute atomic E-state index is 12.0. The third kappa shape index (κ3) is 3.81. The zero-order valence-corrected chi connectivity index (χ0v) is 14.2. The molecule has 0 unspecified atom stereocenters. The van der Waals surface area contributed by atoms with Gasteiger partial charge in [-0.25, -0.2) is 4.98 Å². The molecule has 23 heavy (non-hydrogen) atoms. The summed E-state index contributed by atoms with van der Waals surface area (Å²) in [7, 11) is 0. The van der Waals surface area contributed by atoms with Crippen molar-refractivity contribution in [2.24, 2.45) is 0 Å². The van der Waals surface area contributed by atoms with Crippen molar-refractivity contribution < 1.29 is 4.79 Å². The molecule has 0 spiro atoms. The van der Waals surface area contributed by atoms with E-state index in [4.69, 9.17) is 11.6 Å². The summed E-state index contributed by atoms with van der Waals surface area (Å²) in [6.45, 7) is 2.75. The monoisotopic (exact) mass is 345 g/mol. The van der Waals surface area contributed by atoms with E-state index in [-0.39, 0.29) is 5.91 Å². The number of hydrogen-bond acceptors (Lipinski definition) is 3. The minimum absolute atomic E-state index is 0.0201. The lowest BCUT2D eigenvalue weighted by Gasteiger charge is -2.05. The molecule has 0 saturated heterocycles. The van der Waals surface area contributed by atoms with Crippen molar-refractivity contribution >= 4 is 28.8 Å². The highest BCUT2D eigenvalue weighted by molar-refractivity contribution is 7.15. The number of carbonyl (C=O) groups is 1. The van der Waals surface area contributed by atoms with Gasteiger partial charge in [0.05, 0.1) is 17.3 Å². The third-order valence-corrected chi connectivity index (χ3v) is 4.96. The van der Waals surface area contributed by atoms with Gasteiger partial charge in [0.25, 0.3) is 0 Å². The first-order chi connectivity index (χ1) is 11.1. The van der Waals surface area contributed by atoms with Gasteiger partial charge in [-0.15, -0.1) is 11.3 Å². The zero-order valence-electron chi connectivity index (χ0n) is 12.6. The Morgan fingerprint density at radius 3 is 2.74 bits per heavy atom. The molecule has 0 saturated carbocycles. The molecular formula is C17H16ClN3OS. The minimum Gasteiger partial charge on any atom is -0.350 e. The number of amides is 1. The van der Waals surface area contributed by atoms with Crippen LogP contribution in [0.5, 0.6) is 0 Å². The number of carbonyl (C=O) groups excluding carboxylic acids is 1. The van der Waals surface area contributed by atoms with Gasteiger partial charge in [-0.2, -0.15) is 0 Å². The van der Waals surface area contributed by atoms with Gasteiger partial charge in [-0.3, -0.25) is 4.79 Å². The van der Waals surface area contributed by atoms with Gasteiger partial charge in [0, 0.05) is 22.8 Å². The van der Waals surface area contributed by atoms with Crippen LogP contribution < -0.4 is 5.32 Å². The van der Waals surface area contributed by atoms with Gasteiger partial charge in [0.15, 0.2) is 0 Å². The van der Waals surface area contributed by atoms with Crippen molar-refractivity contribution in [2.75, 3.05) is 0 Å². The lowest BCUT2D eigenvalue weighted by Crippen LogP contribution is -2.26. The van der Waals surface area contributed by atoms with Crippen LogP contribution in [-0.4, -0.2) is 15.5 Å². The van der Waals surface area contributed by atoms with E-state index >= 15 is 0 Å². The first-order valence-electron chi connectivity index (χ1n) is 7.22. The molecule has 0 aliphatic heterocycles. The molecule has 4 nitrogen and oxygen atoms in total. The number of aromatic nitrogens is 2. The lowest BCUT2D eigenvalue weighted by atomic mass is 10.2. The highest BCUT2D eigenvalue weighted by Gasteiger charge is 2.12. The maximum atomic E-state index is 12.0. The fraction of sp³-hybridized carbons (Fsp3) is 0.176. The smallest absolute Gasteiger partial charge is 0.240 e. The van der Waals surface area contributed by atoms with E-state index in [0.29, 0.717) is 18.1 Å². The SMILES string of the molecule is Cc1nc(-c2ccccc2Cl)sc1CNC(=O)Cn1cccc1. The lowest BCUT2D eigenvalue weighted by molar-refractivity contribution is -0.121. The fourth-order valence-electron chi connectivity index (χ4n) is 2.22. The van der Waals surface area contributed by atoms with E-state index in [2.05, 4.69) is 10.3 Å². The van der Waals surface area contributed by atoms with E-state index in [0.717, 1.165) is 21.1 Å². The van der Waals surface area contributed by atoms with Gasteiger partial charge < -0.3 is 9.88 Å². The topological polar surface area (TPSA) is 46.9 Å². The molecule has 0 atom stereocenters. The number of hydrogen-bond donors (Lipinski definition) is 1. The van der Waals surface area contributed by atoms with E-state index in [1.54, 1.807) is 11.3 Å². The highest BCUT2D eigenvalue weighted by atomic mass is 35.5. The third-order valence-electron chi connectivity index (χ3n) is 3.44. The summed E-state index contributed by atoms with van der Waals surface area (Å²) in [5, 5.41) is 4.50. The molecule has 6 heteroatoms. The average Bonchev–Trinajstić information content (AvgIpc) is 3.15. The van der Waals surface area contributed by atoms with E-state index in [1.807, 2.05) is 60.3 Å². The Bertz CT molecular complexity index is 811. The molecule has 0 radical (unpaired) electrons. The number of halogens is 1. The van der Waals surface area contributed by atoms with Crippen molar-refractivity contribution in [3.05, 3.63) is 64.4 Å². The Hall–Kier alpha value is -2.11. The first kappa shape index (κ1) is 15.8. The summed E-state index contributed by atoms with van der Waals surface area (Å²) in [6.07, 6.45) is 3.74. The van der Waals surface area contributed by atoms with E-state index < -0.39 is 0 Å². The Kier molecular flexibility index (Phi) is 4.79. The number of nitrogens with zero attached hydrogens (tertiary/aromatic N) is 2. The van der Waals surface area contributed by atoms with Crippen LogP contribution in [0.4, 0.5) is 0 Å². The summed E-state index contributed by atoms with van der Waals surface area (Å²) >= 11 is 7.78. The Labute approximate surface area is 143 Å². The van der Waals surface area contributed by atoms with Crippen LogP contribution in [0, 0.1) is 6.92 Å². The van der Waals surface area contributed by atoms with Crippen LogP contribution in [0.1, 0.15) is 10.6 Å². The first-order valence-corrected chi connectivity index (χ1v) is 8.41. The van der Waals surface area contributed by atoms with Gasteiger partial charge >= 0.3 is 0 Å². The van der Waals surface area contributed by atoms with E-state index in [9.17, 15) is 4.79 Å². The number of benzene rings is 1. The number of aryl methyl sites for hydroxylation is 1. The van der Waals surface area contributed by atoms with Crippen molar-refractivity contribution in [1.82, 2.24) is 14.9 Å². The van der Waals surface area contributed by atoms with Gasteiger partial charge in [-0.05, 0) is 25.1 Å². The van der Waals surface area contributed by atoms with Crippen LogP contribution in [0.15, 0.2) is 48.8 Å². The molecule has 0 aliphatic carbocycles. The molecule has 3 aromatic rings. The normalized spacial score (nSPS) is 10.7. The van der Waals surface area contributed by atoms with Gasteiger partial charge in [-0.1, -0.05) is 29.8 Å². The summed E-state index contributed by atoms with van der Waals surface area (Å²) in [4.78, 5) is 17.6. The van der Waals surface area contributed by atoms with Crippen molar-refractivity contribution in [1.29, 1.82) is 0 Å². The predicted molar refractivity (Wildman–Crippen MR) is 93.6 cm³/mol. The van der Waals surface area contributed by atoms with Gasteiger partial charge in [0.2, 0.25) is 5.91 Å². The molecule has 1 aromatic carbocycles. The summed E-state index contributed by atoms with van der Waals surface area (Å²) in [5.74, 6) is -0.0201. The summed E-state index contributed by atoms with van der Waals surface area (Å²) in [6, 6.07) is 11.4. The molecule has 1 N–H and O–H groups in total. The minimum atomic E-state index is -0.0201.